The minimum Gasteiger partial charge on any atom is -0.473 e. The van der Waals surface area contributed by atoms with E-state index < -0.39 is 17.7 Å². The van der Waals surface area contributed by atoms with Gasteiger partial charge in [0.05, 0.1) is 6.61 Å². The van der Waals surface area contributed by atoms with Crippen LogP contribution in [0.4, 0.5) is 0 Å². The second-order valence-electron chi connectivity index (χ2n) is 4.06. The predicted molar refractivity (Wildman–Crippen MR) is 68.8 cm³/mol. The second kappa shape index (κ2) is 6.07. The van der Waals surface area contributed by atoms with Crippen molar-refractivity contribution in [1.82, 2.24) is 0 Å². The third-order valence-electron chi connectivity index (χ3n) is 2.62. The summed E-state index contributed by atoms with van der Waals surface area (Å²) in [5, 5.41) is 10.3. The molecule has 0 heterocycles. The highest BCUT2D eigenvalue weighted by atomic mass is 35.5. The Morgan fingerprint density at radius 3 is 2.44 bits per heavy atom. The van der Waals surface area contributed by atoms with Crippen LogP contribution in [0.25, 0.3) is 0 Å². The Morgan fingerprint density at radius 2 is 2.00 bits per heavy atom. The van der Waals surface area contributed by atoms with E-state index in [9.17, 15) is 9.90 Å². The molecule has 0 amide bonds. The molecule has 0 spiro atoms. The SMILES string of the molecule is CCOC(=O)C(C)(Oc1ccc(Cl)cc1)C(C)O. The van der Waals surface area contributed by atoms with E-state index in [1.165, 1.54) is 13.8 Å². The maximum Gasteiger partial charge on any atom is 0.352 e. The minimum absolute atomic E-state index is 0.227. The molecule has 0 radical (unpaired) electrons. The molecule has 0 fully saturated rings. The number of esters is 1. The van der Waals surface area contributed by atoms with Crippen molar-refractivity contribution >= 4 is 17.6 Å². The number of hydrogen-bond donors (Lipinski definition) is 1. The van der Waals surface area contributed by atoms with E-state index in [1.807, 2.05) is 0 Å². The standard InChI is InChI=1S/C13H17ClO4/c1-4-17-12(16)13(3,9(2)15)18-11-7-5-10(14)6-8-11/h5-9,15H,4H2,1-3H3. The van der Waals surface area contributed by atoms with Crippen molar-refractivity contribution in [2.24, 2.45) is 0 Å². The summed E-state index contributed by atoms with van der Waals surface area (Å²) >= 11 is 5.76. The second-order valence-corrected chi connectivity index (χ2v) is 4.50. The van der Waals surface area contributed by atoms with Gasteiger partial charge in [0.1, 0.15) is 11.9 Å². The number of aliphatic hydroxyl groups excluding tert-OH is 1. The molecule has 1 rings (SSSR count). The van der Waals surface area contributed by atoms with Gasteiger partial charge in [-0.25, -0.2) is 4.79 Å². The molecule has 1 aromatic carbocycles. The third-order valence-corrected chi connectivity index (χ3v) is 2.87. The van der Waals surface area contributed by atoms with Crippen molar-refractivity contribution in [1.29, 1.82) is 0 Å². The van der Waals surface area contributed by atoms with Crippen LogP contribution in [0.5, 0.6) is 5.75 Å². The number of rotatable bonds is 5. The Bertz CT molecular complexity index is 402. The largest absolute Gasteiger partial charge is 0.473 e. The van der Waals surface area contributed by atoms with Gasteiger partial charge in [-0.05, 0) is 45.0 Å². The number of ether oxygens (including phenoxy) is 2. The molecule has 18 heavy (non-hydrogen) atoms. The molecule has 0 aliphatic rings. The first-order valence-electron chi connectivity index (χ1n) is 5.70. The Morgan fingerprint density at radius 1 is 1.44 bits per heavy atom. The molecule has 4 nitrogen and oxygen atoms in total. The highest BCUT2D eigenvalue weighted by molar-refractivity contribution is 6.30. The van der Waals surface area contributed by atoms with Crippen molar-refractivity contribution in [2.45, 2.75) is 32.5 Å². The van der Waals surface area contributed by atoms with Crippen LogP contribution >= 0.6 is 11.6 Å². The van der Waals surface area contributed by atoms with Crippen molar-refractivity contribution in [2.75, 3.05) is 6.61 Å². The van der Waals surface area contributed by atoms with Crippen LogP contribution in [0.3, 0.4) is 0 Å². The summed E-state index contributed by atoms with van der Waals surface area (Å²) in [6.45, 7) is 4.89. The molecule has 0 bridgehead atoms. The van der Waals surface area contributed by atoms with Crippen LogP contribution < -0.4 is 4.74 Å². The van der Waals surface area contributed by atoms with Crippen LogP contribution in [-0.4, -0.2) is 29.4 Å². The van der Waals surface area contributed by atoms with Gasteiger partial charge in [0.15, 0.2) is 0 Å². The van der Waals surface area contributed by atoms with Gasteiger partial charge in [-0.15, -0.1) is 0 Å². The number of carbonyl (C=O) groups is 1. The zero-order valence-electron chi connectivity index (χ0n) is 10.6. The fraction of sp³-hybridized carbons (Fsp3) is 0.462. The molecule has 1 N–H and O–H groups in total. The van der Waals surface area contributed by atoms with Gasteiger partial charge in [-0.1, -0.05) is 11.6 Å². The summed E-state index contributed by atoms with van der Waals surface area (Å²) in [6, 6.07) is 6.54. The number of aliphatic hydroxyl groups is 1. The summed E-state index contributed by atoms with van der Waals surface area (Å²) in [5.74, 6) is -0.161. The Balaban J connectivity index is 2.92. The van der Waals surface area contributed by atoms with Gasteiger partial charge in [0, 0.05) is 5.02 Å². The van der Waals surface area contributed by atoms with Crippen LogP contribution in [0.1, 0.15) is 20.8 Å². The summed E-state index contributed by atoms with van der Waals surface area (Å²) in [6.07, 6.45) is -1.01. The maximum absolute atomic E-state index is 11.8. The van der Waals surface area contributed by atoms with Crippen molar-refractivity contribution in [3.63, 3.8) is 0 Å². The monoisotopic (exact) mass is 272 g/mol. The average Bonchev–Trinajstić information content (AvgIpc) is 2.32. The van der Waals surface area contributed by atoms with E-state index in [4.69, 9.17) is 21.1 Å². The van der Waals surface area contributed by atoms with Crippen LogP contribution in [0.15, 0.2) is 24.3 Å². The van der Waals surface area contributed by atoms with Crippen LogP contribution in [0.2, 0.25) is 5.02 Å². The molecular weight excluding hydrogens is 256 g/mol. The Labute approximate surface area is 111 Å². The molecule has 2 unspecified atom stereocenters. The lowest BCUT2D eigenvalue weighted by Gasteiger charge is -2.30. The number of hydrogen-bond acceptors (Lipinski definition) is 4. The normalized spacial score (nSPS) is 15.6. The van der Waals surface area contributed by atoms with E-state index in [-0.39, 0.29) is 6.61 Å². The smallest absolute Gasteiger partial charge is 0.352 e. The van der Waals surface area contributed by atoms with Crippen molar-refractivity contribution in [3.8, 4) is 5.75 Å². The lowest BCUT2D eigenvalue weighted by molar-refractivity contribution is -0.169. The quantitative estimate of drug-likeness (QED) is 0.837. The van der Waals surface area contributed by atoms with Crippen LogP contribution in [-0.2, 0) is 9.53 Å². The van der Waals surface area contributed by atoms with Gasteiger partial charge in [0.25, 0.3) is 0 Å². The van der Waals surface area contributed by atoms with Crippen molar-refractivity contribution < 1.29 is 19.4 Å². The van der Waals surface area contributed by atoms with Gasteiger partial charge in [-0.2, -0.15) is 0 Å². The topological polar surface area (TPSA) is 55.8 Å². The Kier molecular flexibility index (Phi) is 4.99. The molecule has 2 atom stereocenters. The minimum atomic E-state index is -1.44. The molecular formula is C13H17ClO4. The van der Waals surface area contributed by atoms with Crippen LogP contribution in [0, 0.1) is 0 Å². The van der Waals surface area contributed by atoms with E-state index in [0.29, 0.717) is 10.8 Å². The number of carbonyl (C=O) groups excluding carboxylic acids is 1. The van der Waals surface area contributed by atoms with E-state index in [2.05, 4.69) is 0 Å². The zero-order valence-corrected chi connectivity index (χ0v) is 11.4. The van der Waals surface area contributed by atoms with E-state index in [0.717, 1.165) is 0 Å². The molecule has 0 saturated heterocycles. The van der Waals surface area contributed by atoms with Gasteiger partial charge >= 0.3 is 5.97 Å². The highest BCUT2D eigenvalue weighted by Crippen LogP contribution is 2.24. The molecule has 100 valence electrons. The first-order valence-corrected chi connectivity index (χ1v) is 6.07. The summed E-state index contributed by atoms with van der Waals surface area (Å²) < 4.78 is 10.5. The summed E-state index contributed by atoms with van der Waals surface area (Å²) in [7, 11) is 0. The highest BCUT2D eigenvalue weighted by Gasteiger charge is 2.42. The summed E-state index contributed by atoms with van der Waals surface area (Å²) in [4.78, 5) is 11.8. The lowest BCUT2D eigenvalue weighted by atomic mass is 10.0. The van der Waals surface area contributed by atoms with E-state index in [1.54, 1.807) is 31.2 Å². The molecule has 5 heteroatoms. The average molecular weight is 273 g/mol. The van der Waals surface area contributed by atoms with E-state index >= 15 is 0 Å². The van der Waals surface area contributed by atoms with Gasteiger partial charge < -0.3 is 14.6 Å². The zero-order chi connectivity index (χ0) is 13.8. The maximum atomic E-state index is 11.8. The first kappa shape index (κ1) is 14.8. The predicted octanol–water partition coefficient (Wildman–Crippen LogP) is 2.42. The fourth-order valence-electron chi connectivity index (χ4n) is 1.32. The molecule has 0 aliphatic heterocycles. The molecule has 0 saturated carbocycles. The van der Waals surface area contributed by atoms with Gasteiger partial charge in [-0.3, -0.25) is 0 Å². The van der Waals surface area contributed by atoms with Gasteiger partial charge in [0.2, 0.25) is 5.60 Å². The molecule has 0 aliphatic carbocycles. The number of halogens is 1. The first-order chi connectivity index (χ1) is 8.40. The Hall–Kier alpha value is -1.26. The molecule has 1 aromatic rings. The lowest BCUT2D eigenvalue weighted by Crippen LogP contribution is -2.51. The third kappa shape index (κ3) is 3.37. The molecule has 0 aromatic heterocycles. The summed E-state index contributed by atoms with van der Waals surface area (Å²) in [5.41, 5.74) is -1.44. The number of benzene rings is 1. The van der Waals surface area contributed by atoms with Crippen molar-refractivity contribution in [3.05, 3.63) is 29.3 Å². The fourth-order valence-corrected chi connectivity index (χ4v) is 1.45.